The maximum Gasteiger partial charge on any atom is 0.227 e. The number of hydrogen-bond acceptors (Lipinski definition) is 5. The molecule has 0 spiro atoms. The van der Waals surface area contributed by atoms with E-state index in [1.54, 1.807) is 4.90 Å². The summed E-state index contributed by atoms with van der Waals surface area (Å²) < 4.78 is 32.2. The highest BCUT2D eigenvalue weighted by molar-refractivity contribution is 7.13. The van der Waals surface area contributed by atoms with Crippen molar-refractivity contribution in [1.82, 2.24) is 15.0 Å². The van der Waals surface area contributed by atoms with Gasteiger partial charge < -0.3 is 9.42 Å². The van der Waals surface area contributed by atoms with Crippen molar-refractivity contribution in [3.63, 3.8) is 0 Å². The molecule has 1 saturated carbocycles. The molecule has 0 saturated heterocycles. The van der Waals surface area contributed by atoms with Gasteiger partial charge in [-0.2, -0.15) is 4.98 Å². The third-order valence-corrected chi connectivity index (χ3v) is 5.29. The van der Waals surface area contributed by atoms with Gasteiger partial charge in [-0.25, -0.2) is 8.78 Å². The first-order valence-corrected chi connectivity index (χ1v) is 9.58. The molecule has 1 aromatic carbocycles. The molecule has 1 aliphatic carbocycles. The van der Waals surface area contributed by atoms with Gasteiger partial charge in [-0.15, -0.1) is 11.3 Å². The Morgan fingerprint density at radius 1 is 1.30 bits per heavy atom. The molecule has 0 unspecified atom stereocenters. The van der Waals surface area contributed by atoms with E-state index in [1.165, 1.54) is 23.5 Å². The van der Waals surface area contributed by atoms with Crippen molar-refractivity contribution in [1.29, 1.82) is 0 Å². The van der Waals surface area contributed by atoms with Crippen LogP contribution in [0.15, 0.2) is 40.2 Å². The van der Waals surface area contributed by atoms with Crippen LogP contribution in [0.1, 0.15) is 30.7 Å². The average Bonchev–Trinajstić information content (AvgIpc) is 3.15. The third kappa shape index (κ3) is 4.21. The minimum Gasteiger partial charge on any atom is -0.339 e. The van der Waals surface area contributed by atoms with Gasteiger partial charge in [0.2, 0.25) is 17.6 Å². The minimum absolute atomic E-state index is 0.0999. The molecular formula is C19H17F2N3O2S. The fraction of sp³-hybridized carbons (Fsp3) is 0.316. The molecule has 140 valence electrons. The number of aromatic nitrogens is 2. The molecule has 27 heavy (non-hydrogen) atoms. The predicted molar refractivity (Wildman–Crippen MR) is 95.9 cm³/mol. The van der Waals surface area contributed by atoms with Gasteiger partial charge in [0, 0.05) is 37.1 Å². The van der Waals surface area contributed by atoms with Crippen LogP contribution in [0.3, 0.4) is 0 Å². The second kappa shape index (κ2) is 7.56. The van der Waals surface area contributed by atoms with Crippen LogP contribution in [0.25, 0.3) is 10.7 Å². The quantitative estimate of drug-likeness (QED) is 0.608. The van der Waals surface area contributed by atoms with Gasteiger partial charge in [-0.3, -0.25) is 4.79 Å². The molecule has 5 nitrogen and oxygen atoms in total. The molecule has 0 bridgehead atoms. The molecule has 2 heterocycles. The number of nitrogens with zero attached hydrogens (tertiary/aromatic N) is 3. The van der Waals surface area contributed by atoms with Crippen molar-refractivity contribution in [2.24, 2.45) is 0 Å². The second-order valence-corrected chi connectivity index (χ2v) is 7.43. The highest BCUT2D eigenvalue weighted by atomic mass is 32.1. The van der Waals surface area contributed by atoms with E-state index in [4.69, 9.17) is 4.52 Å². The summed E-state index contributed by atoms with van der Waals surface area (Å²) in [5, 5.41) is 5.86. The molecular weight excluding hydrogens is 372 g/mol. The monoisotopic (exact) mass is 389 g/mol. The molecule has 4 rings (SSSR count). The number of halogens is 2. The summed E-state index contributed by atoms with van der Waals surface area (Å²) in [5.41, 5.74) is 0.314. The van der Waals surface area contributed by atoms with E-state index in [1.807, 2.05) is 17.5 Å². The zero-order valence-corrected chi connectivity index (χ0v) is 15.2. The van der Waals surface area contributed by atoms with E-state index in [0.29, 0.717) is 23.7 Å². The molecule has 0 N–H and O–H groups in total. The summed E-state index contributed by atoms with van der Waals surface area (Å²) in [6.07, 6.45) is 2.33. The maximum atomic E-state index is 13.9. The van der Waals surface area contributed by atoms with Crippen molar-refractivity contribution in [2.75, 3.05) is 0 Å². The summed E-state index contributed by atoms with van der Waals surface area (Å²) in [6.45, 7) is 0.139. The van der Waals surface area contributed by atoms with Gasteiger partial charge >= 0.3 is 0 Å². The Kier molecular flexibility index (Phi) is 4.98. The lowest BCUT2D eigenvalue weighted by molar-refractivity contribution is -0.132. The van der Waals surface area contributed by atoms with Crippen LogP contribution < -0.4 is 0 Å². The normalized spacial score (nSPS) is 13.7. The summed E-state index contributed by atoms with van der Waals surface area (Å²) in [4.78, 5) is 19.5. The van der Waals surface area contributed by atoms with Crippen LogP contribution in [0.4, 0.5) is 8.78 Å². The zero-order valence-electron chi connectivity index (χ0n) is 14.4. The summed E-state index contributed by atoms with van der Waals surface area (Å²) in [7, 11) is 0. The number of carbonyl (C=O) groups excluding carboxylic acids is 1. The molecule has 8 heteroatoms. The van der Waals surface area contributed by atoms with Gasteiger partial charge in [0.15, 0.2) is 0 Å². The number of amides is 1. The number of rotatable bonds is 7. The standard InChI is InChI=1S/C19H17F2N3O2S/c20-13-4-3-12(15(21)10-13)11-24(14-5-6-14)18(25)8-7-17-22-19(23-26-17)16-2-1-9-27-16/h1-4,9-10,14H,5-8,11H2. The van der Waals surface area contributed by atoms with Crippen molar-refractivity contribution < 1.29 is 18.1 Å². The van der Waals surface area contributed by atoms with Crippen LogP contribution in [0, 0.1) is 11.6 Å². The Morgan fingerprint density at radius 3 is 2.85 bits per heavy atom. The van der Waals surface area contributed by atoms with Crippen molar-refractivity contribution in [3.05, 3.63) is 58.8 Å². The lowest BCUT2D eigenvalue weighted by Gasteiger charge is -2.22. The van der Waals surface area contributed by atoms with Crippen molar-refractivity contribution in [2.45, 2.75) is 38.3 Å². The molecule has 0 atom stereocenters. The Labute approximate surface area is 158 Å². The van der Waals surface area contributed by atoms with Crippen molar-refractivity contribution in [3.8, 4) is 10.7 Å². The van der Waals surface area contributed by atoms with Gasteiger partial charge in [-0.1, -0.05) is 17.3 Å². The van der Waals surface area contributed by atoms with Gasteiger partial charge in [0.05, 0.1) is 4.88 Å². The largest absolute Gasteiger partial charge is 0.339 e. The number of aryl methyl sites for hydroxylation is 1. The third-order valence-electron chi connectivity index (χ3n) is 4.43. The smallest absolute Gasteiger partial charge is 0.227 e. The average molecular weight is 389 g/mol. The summed E-state index contributed by atoms with van der Waals surface area (Å²) >= 11 is 1.51. The van der Waals surface area contributed by atoms with Crippen LogP contribution in [0.5, 0.6) is 0 Å². The van der Waals surface area contributed by atoms with E-state index in [-0.39, 0.29) is 24.9 Å². The number of carbonyl (C=O) groups is 1. The van der Waals surface area contributed by atoms with E-state index in [2.05, 4.69) is 10.1 Å². The van der Waals surface area contributed by atoms with Crippen LogP contribution in [-0.4, -0.2) is 27.0 Å². The van der Waals surface area contributed by atoms with Gasteiger partial charge in [0.1, 0.15) is 11.6 Å². The molecule has 3 aromatic rings. The molecule has 1 fully saturated rings. The fourth-order valence-electron chi connectivity index (χ4n) is 2.86. The summed E-state index contributed by atoms with van der Waals surface area (Å²) in [5.74, 6) is -0.447. The van der Waals surface area contributed by atoms with Gasteiger partial charge in [0.25, 0.3) is 0 Å². The fourth-order valence-corrected chi connectivity index (χ4v) is 3.51. The van der Waals surface area contributed by atoms with Gasteiger partial charge in [-0.05, 0) is 30.4 Å². The zero-order chi connectivity index (χ0) is 18.8. The first-order valence-electron chi connectivity index (χ1n) is 8.70. The molecule has 2 aromatic heterocycles. The minimum atomic E-state index is -0.633. The first kappa shape index (κ1) is 17.8. The topological polar surface area (TPSA) is 59.2 Å². The Hall–Kier alpha value is -2.61. The second-order valence-electron chi connectivity index (χ2n) is 6.48. The van der Waals surface area contributed by atoms with E-state index in [9.17, 15) is 13.6 Å². The molecule has 1 amide bonds. The highest BCUT2D eigenvalue weighted by Gasteiger charge is 2.33. The number of hydrogen-bond donors (Lipinski definition) is 0. The lowest BCUT2D eigenvalue weighted by Crippen LogP contribution is -2.33. The lowest BCUT2D eigenvalue weighted by atomic mass is 10.1. The summed E-state index contributed by atoms with van der Waals surface area (Å²) in [6, 6.07) is 7.36. The maximum absolute atomic E-state index is 13.9. The Morgan fingerprint density at radius 2 is 2.15 bits per heavy atom. The Balaban J connectivity index is 1.39. The van der Waals surface area contributed by atoms with Crippen molar-refractivity contribution >= 4 is 17.2 Å². The van der Waals surface area contributed by atoms with Crippen LogP contribution in [0.2, 0.25) is 0 Å². The molecule has 0 aliphatic heterocycles. The Bertz CT molecular complexity index is 938. The van der Waals surface area contributed by atoms with E-state index in [0.717, 1.165) is 23.8 Å². The predicted octanol–water partition coefficient (Wildman–Crippen LogP) is 4.20. The van der Waals surface area contributed by atoms with Crippen LogP contribution >= 0.6 is 11.3 Å². The van der Waals surface area contributed by atoms with E-state index < -0.39 is 11.6 Å². The van der Waals surface area contributed by atoms with Crippen LogP contribution in [-0.2, 0) is 17.8 Å². The highest BCUT2D eigenvalue weighted by Crippen LogP contribution is 2.30. The van der Waals surface area contributed by atoms with E-state index >= 15 is 0 Å². The first-order chi connectivity index (χ1) is 13.1. The SMILES string of the molecule is O=C(CCc1nc(-c2cccs2)no1)N(Cc1ccc(F)cc1F)C1CC1. The molecule has 1 aliphatic rings. The number of thiophene rings is 1. The number of benzene rings is 1. The molecule has 0 radical (unpaired) electrons.